The number of rotatable bonds is 23. The van der Waals surface area contributed by atoms with Crippen LogP contribution in [0.3, 0.4) is 0 Å². The van der Waals surface area contributed by atoms with Crippen molar-refractivity contribution in [3.8, 4) is 0 Å². The molecule has 3 fully saturated rings. The maximum atomic E-state index is 13.1. The maximum Gasteiger partial charge on any atom is 0.483 e. The lowest BCUT2D eigenvalue weighted by Gasteiger charge is -2.49. The van der Waals surface area contributed by atoms with Gasteiger partial charge >= 0.3 is 15.6 Å². The fourth-order valence-corrected chi connectivity index (χ4v) is 9.23. The van der Waals surface area contributed by atoms with Gasteiger partial charge in [0, 0.05) is 13.8 Å². The van der Waals surface area contributed by atoms with Gasteiger partial charge in [-0.05, 0) is 58.8 Å². The Morgan fingerprint density at radius 2 is 1.16 bits per heavy atom. The summed E-state index contributed by atoms with van der Waals surface area (Å²) in [5.74, 6) is -1.61. The Morgan fingerprint density at radius 1 is 0.651 bits per heavy atom. The van der Waals surface area contributed by atoms with Gasteiger partial charge in [-0.2, -0.15) is 4.31 Å². The first-order valence-electron chi connectivity index (χ1n) is 20.5. The van der Waals surface area contributed by atoms with E-state index in [1.165, 1.54) is 11.1 Å². The summed E-state index contributed by atoms with van der Waals surface area (Å²) in [5, 5.41) is 88.6. The van der Waals surface area contributed by atoms with Crippen LogP contribution in [0.5, 0.6) is 0 Å². The number of allylic oxidation sites excluding steroid dienone is 4. The molecular weight excluding hydrogens is 886 g/mol. The van der Waals surface area contributed by atoms with E-state index in [1.807, 2.05) is 27.7 Å². The Bertz CT molecular complexity index is 1620. The van der Waals surface area contributed by atoms with Crippen molar-refractivity contribution in [2.75, 3.05) is 26.4 Å². The molecule has 26 heteroatoms. The SMILES string of the molecule is CC(=O)NC1C(OC2C(CO)OC(OP(=O)(O)OP(=O)(O)OCCC(C)CCC=C(C)CCC=C(C)C)C(NC(C)=O)C2O)OC(CO)C(OC2OC(CO)C(O)C(O)C2O)C1O. The summed E-state index contributed by atoms with van der Waals surface area (Å²) in [6.07, 6.45) is -15.7. The topological polar surface area (TPSA) is 368 Å². The molecule has 0 radical (unpaired) electrons. The van der Waals surface area contributed by atoms with E-state index in [1.54, 1.807) is 0 Å². The van der Waals surface area contributed by atoms with Gasteiger partial charge in [0.2, 0.25) is 11.8 Å². The lowest BCUT2D eigenvalue weighted by molar-refractivity contribution is -0.360. The molecule has 366 valence electrons. The molecule has 12 N–H and O–H groups in total. The van der Waals surface area contributed by atoms with Crippen LogP contribution in [0, 0.1) is 5.92 Å². The number of ether oxygens (including phenoxy) is 5. The molecule has 18 atom stereocenters. The minimum atomic E-state index is -5.65. The molecule has 2 amide bonds. The monoisotopic (exact) mass is 952 g/mol. The molecule has 3 saturated heterocycles. The molecular formula is C37H66N2O22P2. The van der Waals surface area contributed by atoms with Gasteiger partial charge in [-0.3, -0.25) is 18.6 Å². The molecule has 0 saturated carbocycles. The summed E-state index contributed by atoms with van der Waals surface area (Å²) in [5.41, 5.74) is 2.48. The Kier molecular flexibility index (Phi) is 22.3. The molecule has 0 aliphatic carbocycles. The molecule has 3 aliphatic heterocycles. The van der Waals surface area contributed by atoms with Gasteiger partial charge in [0.25, 0.3) is 0 Å². The average Bonchev–Trinajstić information content (AvgIpc) is 3.18. The van der Waals surface area contributed by atoms with E-state index in [9.17, 15) is 69.4 Å². The molecule has 0 aromatic carbocycles. The van der Waals surface area contributed by atoms with Crippen molar-refractivity contribution in [3.63, 3.8) is 0 Å². The molecule has 0 aromatic rings. The lowest BCUT2D eigenvalue weighted by atomic mass is 9.94. The third kappa shape index (κ3) is 16.8. The molecule has 0 spiro atoms. The number of phosphoric acid groups is 2. The summed E-state index contributed by atoms with van der Waals surface area (Å²) in [6.45, 7) is 6.89. The lowest BCUT2D eigenvalue weighted by Crippen LogP contribution is -2.70. The van der Waals surface area contributed by atoms with Crippen molar-refractivity contribution in [2.24, 2.45) is 5.92 Å². The molecule has 63 heavy (non-hydrogen) atoms. The van der Waals surface area contributed by atoms with Gasteiger partial charge in [0.15, 0.2) is 18.9 Å². The summed E-state index contributed by atoms with van der Waals surface area (Å²) in [4.78, 5) is 45.4. The molecule has 18 unspecified atom stereocenters. The molecule has 3 rings (SSSR count). The van der Waals surface area contributed by atoms with Crippen molar-refractivity contribution < 1.29 is 106 Å². The third-order valence-corrected chi connectivity index (χ3v) is 13.1. The van der Waals surface area contributed by atoms with Crippen molar-refractivity contribution in [1.82, 2.24) is 10.6 Å². The zero-order valence-corrected chi connectivity index (χ0v) is 37.8. The number of aliphatic hydroxyl groups is 8. The normalized spacial score (nSPS) is 36.4. The number of nitrogens with one attached hydrogen (secondary N) is 2. The van der Waals surface area contributed by atoms with Crippen LogP contribution >= 0.6 is 15.6 Å². The molecule has 0 bridgehead atoms. The van der Waals surface area contributed by atoms with E-state index in [4.69, 9.17) is 32.7 Å². The van der Waals surface area contributed by atoms with Gasteiger partial charge in [-0.25, -0.2) is 9.13 Å². The fourth-order valence-electron chi connectivity index (χ4n) is 7.07. The summed E-state index contributed by atoms with van der Waals surface area (Å²) in [7, 11) is -10.9. The second kappa shape index (κ2) is 25.3. The van der Waals surface area contributed by atoms with E-state index in [-0.39, 0.29) is 18.9 Å². The van der Waals surface area contributed by atoms with Crippen molar-refractivity contribution >= 4 is 27.5 Å². The van der Waals surface area contributed by atoms with E-state index < -0.39 is 139 Å². The van der Waals surface area contributed by atoms with Crippen LogP contribution in [-0.2, 0) is 55.8 Å². The van der Waals surface area contributed by atoms with Crippen molar-refractivity contribution in [2.45, 2.75) is 166 Å². The van der Waals surface area contributed by atoms with Crippen LogP contribution in [0.2, 0.25) is 0 Å². The van der Waals surface area contributed by atoms with Crippen LogP contribution < -0.4 is 10.6 Å². The molecule has 24 nitrogen and oxygen atoms in total. The number of aliphatic hydroxyl groups excluding tert-OH is 8. The van der Waals surface area contributed by atoms with Crippen LogP contribution in [0.15, 0.2) is 23.3 Å². The quantitative estimate of drug-likeness (QED) is 0.0408. The summed E-state index contributed by atoms with van der Waals surface area (Å²) in [6, 6.07) is -3.51. The predicted molar refractivity (Wildman–Crippen MR) is 215 cm³/mol. The molecule has 3 aliphatic rings. The van der Waals surface area contributed by atoms with Gasteiger partial charge in [-0.15, -0.1) is 0 Å². The second-order valence-electron chi connectivity index (χ2n) is 16.1. The highest BCUT2D eigenvalue weighted by Crippen LogP contribution is 2.61. The van der Waals surface area contributed by atoms with E-state index in [0.29, 0.717) is 0 Å². The van der Waals surface area contributed by atoms with Gasteiger partial charge < -0.3 is 85.0 Å². The highest BCUT2D eigenvalue weighted by molar-refractivity contribution is 7.61. The molecule has 0 aromatic heterocycles. The second-order valence-corrected chi connectivity index (χ2v) is 19.1. The number of amides is 2. The third-order valence-electron chi connectivity index (χ3n) is 10.4. The Balaban J connectivity index is 1.71. The first-order valence-corrected chi connectivity index (χ1v) is 23.5. The number of carbonyl (C=O) groups excluding carboxylic acids is 2. The zero-order valence-electron chi connectivity index (χ0n) is 36.0. The van der Waals surface area contributed by atoms with E-state index in [0.717, 1.165) is 39.5 Å². The highest BCUT2D eigenvalue weighted by atomic mass is 31.3. The van der Waals surface area contributed by atoms with Gasteiger partial charge in [0.05, 0.1) is 26.4 Å². The number of phosphoric ester groups is 2. The van der Waals surface area contributed by atoms with Gasteiger partial charge in [0.1, 0.15) is 73.1 Å². The number of hydrogen-bond donors (Lipinski definition) is 12. The largest absolute Gasteiger partial charge is 0.483 e. The summed E-state index contributed by atoms with van der Waals surface area (Å²) >= 11 is 0. The average molecular weight is 953 g/mol. The zero-order chi connectivity index (χ0) is 47.4. The Morgan fingerprint density at radius 3 is 1.68 bits per heavy atom. The first kappa shape index (κ1) is 55.5. The Labute approximate surface area is 365 Å². The van der Waals surface area contributed by atoms with Crippen LogP contribution in [-0.4, -0.2) is 181 Å². The summed E-state index contributed by atoms with van der Waals surface area (Å²) < 4.78 is 68.6. The minimum Gasteiger partial charge on any atom is -0.394 e. The highest BCUT2D eigenvalue weighted by Gasteiger charge is 2.55. The predicted octanol–water partition coefficient (Wildman–Crippen LogP) is -1.53. The smallest absolute Gasteiger partial charge is 0.394 e. The first-order chi connectivity index (χ1) is 29.4. The minimum absolute atomic E-state index is 0.0294. The Hall–Kier alpha value is -1.84. The van der Waals surface area contributed by atoms with Crippen LogP contribution in [0.4, 0.5) is 0 Å². The van der Waals surface area contributed by atoms with Crippen LogP contribution in [0.1, 0.15) is 73.6 Å². The number of hydrogen-bond acceptors (Lipinski definition) is 20. The fraction of sp³-hybridized carbons (Fsp3) is 0.838. The van der Waals surface area contributed by atoms with E-state index in [2.05, 4.69) is 27.1 Å². The van der Waals surface area contributed by atoms with E-state index >= 15 is 0 Å². The maximum absolute atomic E-state index is 13.1. The standard InChI is InChI=1S/C37H66N2O22P2/c1-18(2)9-7-10-19(3)11-8-12-20(4)13-14-54-62(50,51)61-63(52,53)60-36-27(39-22(6)44)30(47)33(25(17-42)57-36)58-35-26(38-21(5)43)29(46)34(24(16-41)56-35)59-37-32(49)31(48)28(45)23(15-40)55-37/h9,11,20,23-37,40-42,45-49H,7-8,10,12-17H2,1-6H3,(H,38,43)(H,39,44)(H,50,51)(H,52,53). The van der Waals surface area contributed by atoms with Crippen molar-refractivity contribution in [1.29, 1.82) is 0 Å². The molecule has 3 heterocycles. The van der Waals surface area contributed by atoms with Crippen molar-refractivity contribution in [3.05, 3.63) is 23.3 Å². The number of carbonyl (C=O) groups is 2. The van der Waals surface area contributed by atoms with Gasteiger partial charge in [-0.1, -0.05) is 30.2 Å². The van der Waals surface area contributed by atoms with Crippen LogP contribution in [0.25, 0.3) is 0 Å².